The highest BCUT2D eigenvalue weighted by molar-refractivity contribution is 7.98. The average Bonchev–Trinajstić information content (AvgIpc) is 2.78. The molecular formula is C15H22N2O2S. The van der Waals surface area contributed by atoms with E-state index in [2.05, 4.69) is 4.90 Å². The Morgan fingerprint density at radius 2 is 2.05 bits per heavy atom. The summed E-state index contributed by atoms with van der Waals surface area (Å²) in [5.74, 6) is 0.0149. The van der Waals surface area contributed by atoms with Gasteiger partial charge in [0.25, 0.3) is 5.91 Å². The number of hydrogen-bond donors (Lipinski definition) is 1. The zero-order chi connectivity index (χ0) is 14.7. The fourth-order valence-electron chi connectivity index (χ4n) is 2.63. The lowest BCUT2D eigenvalue weighted by molar-refractivity contribution is 0.0699. The van der Waals surface area contributed by atoms with Gasteiger partial charge in [-0.2, -0.15) is 0 Å². The molecule has 0 aliphatic carbocycles. The van der Waals surface area contributed by atoms with Crippen LogP contribution in [-0.4, -0.2) is 66.4 Å². The van der Waals surface area contributed by atoms with Gasteiger partial charge < -0.3 is 14.9 Å². The molecule has 1 aliphatic rings. The van der Waals surface area contributed by atoms with Crippen molar-refractivity contribution in [1.29, 1.82) is 0 Å². The van der Waals surface area contributed by atoms with E-state index < -0.39 is 6.10 Å². The lowest BCUT2D eigenvalue weighted by Gasteiger charge is -2.27. The summed E-state index contributed by atoms with van der Waals surface area (Å²) in [5, 5.41) is 9.85. The summed E-state index contributed by atoms with van der Waals surface area (Å²) in [6, 6.07) is 7.75. The molecule has 2 atom stereocenters. The minimum Gasteiger partial charge on any atom is -0.391 e. The maximum atomic E-state index is 12.6. The van der Waals surface area contributed by atoms with Crippen molar-refractivity contribution >= 4 is 17.7 Å². The fourth-order valence-corrected chi connectivity index (χ4v) is 3.04. The third kappa shape index (κ3) is 3.53. The molecule has 0 bridgehead atoms. The van der Waals surface area contributed by atoms with Crippen molar-refractivity contribution in [2.24, 2.45) is 0 Å². The molecule has 1 aromatic carbocycles. The van der Waals surface area contributed by atoms with E-state index in [0.717, 1.165) is 11.4 Å². The lowest BCUT2D eigenvalue weighted by atomic mass is 10.1. The number of hydrogen-bond acceptors (Lipinski definition) is 4. The Morgan fingerprint density at radius 1 is 1.40 bits per heavy atom. The Hall–Kier alpha value is -1.04. The predicted molar refractivity (Wildman–Crippen MR) is 82.2 cm³/mol. The molecule has 1 aromatic rings. The van der Waals surface area contributed by atoms with Gasteiger partial charge in [0.2, 0.25) is 0 Å². The summed E-state index contributed by atoms with van der Waals surface area (Å²) in [7, 11) is 3.97. The SMILES string of the molecule is CSc1ccc(C(=O)N2CC(O)CC2CN(C)C)cc1. The van der Waals surface area contributed by atoms with Crippen LogP contribution < -0.4 is 0 Å². The van der Waals surface area contributed by atoms with Gasteiger partial charge >= 0.3 is 0 Å². The third-order valence-corrected chi connectivity index (χ3v) is 4.31. The van der Waals surface area contributed by atoms with Gasteiger partial charge in [-0.05, 0) is 51.0 Å². The van der Waals surface area contributed by atoms with E-state index in [1.165, 1.54) is 0 Å². The molecule has 2 unspecified atom stereocenters. The average molecular weight is 294 g/mol. The van der Waals surface area contributed by atoms with Crippen LogP contribution in [0.2, 0.25) is 0 Å². The summed E-state index contributed by atoms with van der Waals surface area (Å²) < 4.78 is 0. The summed E-state index contributed by atoms with van der Waals surface area (Å²) in [4.78, 5) is 17.6. The Balaban J connectivity index is 2.13. The fraction of sp³-hybridized carbons (Fsp3) is 0.533. The van der Waals surface area contributed by atoms with E-state index in [1.54, 1.807) is 16.7 Å². The summed E-state index contributed by atoms with van der Waals surface area (Å²) in [6.07, 6.45) is 2.27. The molecule has 1 aliphatic heterocycles. The molecular weight excluding hydrogens is 272 g/mol. The first-order valence-electron chi connectivity index (χ1n) is 6.79. The molecule has 1 fully saturated rings. The van der Waals surface area contributed by atoms with Gasteiger partial charge in [-0.3, -0.25) is 4.79 Å². The normalized spacial score (nSPS) is 22.6. The smallest absolute Gasteiger partial charge is 0.254 e. The molecule has 1 N–H and O–H groups in total. The second-order valence-corrected chi connectivity index (χ2v) is 6.37. The first kappa shape index (κ1) is 15.4. The minimum atomic E-state index is -0.408. The second-order valence-electron chi connectivity index (χ2n) is 5.49. The number of nitrogens with zero attached hydrogens (tertiary/aromatic N) is 2. The molecule has 110 valence electrons. The molecule has 1 saturated heterocycles. The molecule has 2 rings (SSSR count). The third-order valence-electron chi connectivity index (χ3n) is 3.57. The van der Waals surface area contributed by atoms with Crippen LogP contribution in [-0.2, 0) is 0 Å². The van der Waals surface area contributed by atoms with Gasteiger partial charge in [0.1, 0.15) is 0 Å². The Kier molecular flexibility index (Phi) is 5.07. The van der Waals surface area contributed by atoms with Crippen LogP contribution in [0, 0.1) is 0 Å². The molecule has 4 nitrogen and oxygen atoms in total. The summed E-state index contributed by atoms with van der Waals surface area (Å²) in [5.41, 5.74) is 0.695. The number of β-amino-alcohol motifs (C(OH)–C–C–N with tert-alkyl or cyclic N) is 1. The molecule has 0 radical (unpaired) electrons. The highest BCUT2D eigenvalue weighted by atomic mass is 32.2. The number of likely N-dealkylation sites (tertiary alicyclic amines) is 1. The topological polar surface area (TPSA) is 43.8 Å². The second kappa shape index (κ2) is 6.61. The van der Waals surface area contributed by atoms with Crippen LogP contribution in [0.15, 0.2) is 29.2 Å². The summed E-state index contributed by atoms with van der Waals surface area (Å²) >= 11 is 1.66. The molecule has 20 heavy (non-hydrogen) atoms. The number of rotatable bonds is 4. The monoisotopic (exact) mass is 294 g/mol. The highest BCUT2D eigenvalue weighted by Crippen LogP contribution is 2.22. The largest absolute Gasteiger partial charge is 0.391 e. The predicted octanol–water partition coefficient (Wildman–Crippen LogP) is 1.55. The number of amides is 1. The maximum Gasteiger partial charge on any atom is 0.254 e. The number of aliphatic hydroxyl groups excluding tert-OH is 1. The van der Waals surface area contributed by atoms with Gasteiger partial charge in [-0.15, -0.1) is 11.8 Å². The van der Waals surface area contributed by atoms with Crippen molar-refractivity contribution < 1.29 is 9.90 Å². The van der Waals surface area contributed by atoms with Gasteiger partial charge in [0, 0.05) is 29.6 Å². The van der Waals surface area contributed by atoms with Crippen LogP contribution in [0.1, 0.15) is 16.8 Å². The van der Waals surface area contributed by atoms with Gasteiger partial charge in [-0.25, -0.2) is 0 Å². The Morgan fingerprint density at radius 3 is 2.60 bits per heavy atom. The van der Waals surface area contributed by atoms with Gasteiger partial charge in [0.15, 0.2) is 0 Å². The molecule has 5 heteroatoms. The maximum absolute atomic E-state index is 12.6. The number of carbonyl (C=O) groups excluding carboxylic acids is 1. The zero-order valence-corrected chi connectivity index (χ0v) is 13.1. The van der Waals surface area contributed by atoms with Crippen LogP contribution in [0.25, 0.3) is 0 Å². The number of carbonyl (C=O) groups is 1. The van der Waals surface area contributed by atoms with Crippen molar-refractivity contribution in [1.82, 2.24) is 9.80 Å². The molecule has 1 amide bonds. The minimum absolute atomic E-state index is 0.0149. The van der Waals surface area contributed by atoms with Crippen LogP contribution in [0.5, 0.6) is 0 Å². The molecule has 0 aromatic heterocycles. The quantitative estimate of drug-likeness (QED) is 0.856. The van der Waals surface area contributed by atoms with Gasteiger partial charge in [-0.1, -0.05) is 0 Å². The number of benzene rings is 1. The van der Waals surface area contributed by atoms with Crippen LogP contribution >= 0.6 is 11.8 Å². The van der Waals surface area contributed by atoms with Gasteiger partial charge in [0.05, 0.1) is 6.10 Å². The standard InChI is InChI=1S/C15H22N2O2S/c1-16(2)9-12-8-13(18)10-17(12)15(19)11-4-6-14(20-3)7-5-11/h4-7,12-13,18H,8-10H2,1-3H3. The molecule has 0 spiro atoms. The molecule has 0 saturated carbocycles. The lowest BCUT2D eigenvalue weighted by Crippen LogP contribution is -2.41. The number of likely N-dealkylation sites (N-methyl/N-ethyl adjacent to an activating group) is 1. The number of aliphatic hydroxyl groups is 1. The van der Waals surface area contributed by atoms with Crippen LogP contribution in [0.3, 0.4) is 0 Å². The van der Waals surface area contributed by atoms with Crippen molar-refractivity contribution in [2.75, 3.05) is 33.4 Å². The first-order valence-corrected chi connectivity index (χ1v) is 8.01. The van der Waals surface area contributed by atoms with Crippen molar-refractivity contribution in [3.8, 4) is 0 Å². The Bertz CT molecular complexity index is 461. The highest BCUT2D eigenvalue weighted by Gasteiger charge is 2.34. The van der Waals surface area contributed by atoms with E-state index in [1.807, 2.05) is 44.6 Å². The van der Waals surface area contributed by atoms with Crippen molar-refractivity contribution in [3.05, 3.63) is 29.8 Å². The summed E-state index contributed by atoms with van der Waals surface area (Å²) in [6.45, 7) is 1.22. The van der Waals surface area contributed by atoms with Crippen LogP contribution in [0.4, 0.5) is 0 Å². The van der Waals surface area contributed by atoms with E-state index in [4.69, 9.17) is 0 Å². The number of thioether (sulfide) groups is 1. The Labute approximate surface area is 124 Å². The van der Waals surface area contributed by atoms with E-state index in [-0.39, 0.29) is 11.9 Å². The first-order chi connectivity index (χ1) is 9.51. The van der Waals surface area contributed by atoms with Crippen molar-refractivity contribution in [3.63, 3.8) is 0 Å². The van der Waals surface area contributed by atoms with E-state index >= 15 is 0 Å². The van der Waals surface area contributed by atoms with Crippen molar-refractivity contribution in [2.45, 2.75) is 23.5 Å². The van der Waals surface area contributed by atoms with E-state index in [0.29, 0.717) is 18.5 Å². The zero-order valence-electron chi connectivity index (χ0n) is 12.2. The van der Waals surface area contributed by atoms with E-state index in [9.17, 15) is 9.90 Å². The molecule has 1 heterocycles.